The number of methoxy groups -OCH3 is 1. The van der Waals surface area contributed by atoms with Gasteiger partial charge >= 0.3 is 0 Å². The Labute approximate surface area is 127 Å². The van der Waals surface area contributed by atoms with Gasteiger partial charge in [0.15, 0.2) is 5.69 Å². The summed E-state index contributed by atoms with van der Waals surface area (Å²) in [6, 6.07) is 5.56. The van der Waals surface area contributed by atoms with Crippen LogP contribution in [0.2, 0.25) is 0 Å². The quantitative estimate of drug-likeness (QED) is 0.845. The van der Waals surface area contributed by atoms with Gasteiger partial charge in [0.1, 0.15) is 10.4 Å². The molecule has 0 aliphatic heterocycles. The largest absolute Gasteiger partial charge is 0.495 e. The van der Waals surface area contributed by atoms with Crippen molar-refractivity contribution in [3.63, 3.8) is 0 Å². The smallest absolute Gasteiger partial charge is 0.277 e. The molecule has 100 valence electrons. The fraction of sp³-hybridized carbons (Fsp3) is 0.167. The molecule has 0 unspecified atom stereocenters. The summed E-state index contributed by atoms with van der Waals surface area (Å²) in [5.74, 6) is 0.280. The third-order valence-electron chi connectivity index (χ3n) is 2.48. The highest BCUT2D eigenvalue weighted by Crippen LogP contribution is 2.28. The molecule has 2 rings (SSSR count). The Kier molecular flexibility index (Phi) is 4.26. The average Bonchev–Trinajstić information content (AvgIpc) is 2.70. The molecule has 1 aromatic heterocycles. The first-order valence-corrected chi connectivity index (χ1v) is 6.97. The van der Waals surface area contributed by atoms with Crippen molar-refractivity contribution >= 4 is 43.5 Å². The summed E-state index contributed by atoms with van der Waals surface area (Å²) < 4.78 is 6.41. The van der Waals surface area contributed by atoms with Gasteiger partial charge in [0.2, 0.25) is 0 Å². The standard InChI is InChI=1S/C12H11Br2N3O2/c1-6-3-4-8(19-2)7(5-6)15-12(18)10-9(13)11(14)17-16-10/h3-5H,1-2H3,(H,15,18)(H,16,17). The maximum atomic E-state index is 12.1. The second kappa shape index (κ2) is 5.75. The van der Waals surface area contributed by atoms with Crippen LogP contribution >= 0.6 is 31.9 Å². The first-order valence-electron chi connectivity index (χ1n) is 5.38. The third kappa shape index (κ3) is 2.98. The zero-order valence-electron chi connectivity index (χ0n) is 10.3. The van der Waals surface area contributed by atoms with Crippen LogP contribution in [0.15, 0.2) is 27.3 Å². The molecule has 0 fully saturated rings. The molecular formula is C12H11Br2N3O2. The molecule has 1 aromatic carbocycles. The van der Waals surface area contributed by atoms with E-state index in [1.165, 1.54) is 0 Å². The number of nitrogens with zero attached hydrogens (tertiary/aromatic N) is 1. The predicted octanol–water partition coefficient (Wildman–Crippen LogP) is 3.50. The number of nitrogens with one attached hydrogen (secondary N) is 2. The molecule has 0 saturated carbocycles. The van der Waals surface area contributed by atoms with Crippen molar-refractivity contribution in [2.45, 2.75) is 6.92 Å². The first kappa shape index (κ1) is 14.1. The molecule has 0 radical (unpaired) electrons. The second-order valence-corrected chi connectivity index (χ2v) is 5.44. The number of benzene rings is 1. The first-order chi connectivity index (χ1) is 9.02. The van der Waals surface area contributed by atoms with E-state index in [9.17, 15) is 4.79 Å². The number of carbonyl (C=O) groups excluding carboxylic acids is 1. The number of anilines is 1. The van der Waals surface area contributed by atoms with Crippen molar-refractivity contribution < 1.29 is 9.53 Å². The lowest BCUT2D eigenvalue weighted by Crippen LogP contribution is -2.14. The Hall–Kier alpha value is -1.34. The van der Waals surface area contributed by atoms with Crippen LogP contribution in [-0.4, -0.2) is 23.2 Å². The van der Waals surface area contributed by atoms with Crippen LogP contribution in [0.5, 0.6) is 5.75 Å². The number of carbonyl (C=O) groups is 1. The Morgan fingerprint density at radius 2 is 2.16 bits per heavy atom. The molecule has 0 aliphatic rings. The molecule has 2 N–H and O–H groups in total. The maximum Gasteiger partial charge on any atom is 0.277 e. The number of hydrogen-bond donors (Lipinski definition) is 2. The molecule has 0 saturated heterocycles. The van der Waals surface area contributed by atoms with Gasteiger partial charge in [-0.25, -0.2) is 0 Å². The van der Waals surface area contributed by atoms with Crippen molar-refractivity contribution in [3.8, 4) is 5.75 Å². The van der Waals surface area contributed by atoms with E-state index in [4.69, 9.17) is 4.74 Å². The summed E-state index contributed by atoms with van der Waals surface area (Å²) in [5, 5.41) is 9.36. The number of aromatic nitrogens is 2. The molecule has 2 aromatic rings. The second-order valence-electron chi connectivity index (χ2n) is 3.86. The molecule has 0 aliphatic carbocycles. The Morgan fingerprint density at radius 1 is 1.42 bits per heavy atom. The summed E-state index contributed by atoms with van der Waals surface area (Å²) in [7, 11) is 1.56. The highest BCUT2D eigenvalue weighted by atomic mass is 79.9. The Bertz CT molecular complexity index is 625. The topological polar surface area (TPSA) is 67.0 Å². The zero-order valence-corrected chi connectivity index (χ0v) is 13.4. The monoisotopic (exact) mass is 387 g/mol. The van der Waals surface area contributed by atoms with Crippen molar-refractivity contribution in [1.82, 2.24) is 10.2 Å². The number of hydrogen-bond acceptors (Lipinski definition) is 3. The molecule has 0 atom stereocenters. The van der Waals surface area contributed by atoms with E-state index in [1.54, 1.807) is 13.2 Å². The van der Waals surface area contributed by atoms with Gasteiger partial charge in [-0.15, -0.1) is 0 Å². The highest BCUT2D eigenvalue weighted by molar-refractivity contribution is 9.13. The SMILES string of the molecule is COc1ccc(C)cc1NC(=O)c1n[nH]c(Br)c1Br. The highest BCUT2D eigenvalue weighted by Gasteiger charge is 2.17. The third-order valence-corrected chi connectivity index (χ3v) is 4.36. The van der Waals surface area contributed by atoms with Gasteiger partial charge in [-0.05, 0) is 56.5 Å². The van der Waals surface area contributed by atoms with E-state index in [1.807, 2.05) is 19.1 Å². The number of rotatable bonds is 3. The van der Waals surface area contributed by atoms with E-state index in [0.29, 0.717) is 20.5 Å². The van der Waals surface area contributed by atoms with E-state index < -0.39 is 0 Å². The van der Waals surface area contributed by atoms with E-state index in [0.717, 1.165) is 5.56 Å². The number of amides is 1. The summed E-state index contributed by atoms with van der Waals surface area (Å²) in [6.07, 6.45) is 0. The van der Waals surface area contributed by atoms with Crippen LogP contribution in [0.4, 0.5) is 5.69 Å². The minimum atomic E-state index is -0.322. The predicted molar refractivity (Wildman–Crippen MR) is 79.7 cm³/mol. The van der Waals surface area contributed by atoms with Gasteiger partial charge in [-0.3, -0.25) is 9.89 Å². The fourth-order valence-corrected chi connectivity index (χ4v) is 2.19. The van der Waals surface area contributed by atoms with Gasteiger partial charge in [0.05, 0.1) is 17.3 Å². The lowest BCUT2D eigenvalue weighted by molar-refractivity contribution is 0.102. The van der Waals surface area contributed by atoms with Crippen molar-refractivity contribution in [1.29, 1.82) is 0 Å². The number of ether oxygens (including phenoxy) is 1. The van der Waals surface area contributed by atoms with Crippen LogP contribution in [0.3, 0.4) is 0 Å². The molecular weight excluding hydrogens is 378 g/mol. The average molecular weight is 389 g/mol. The van der Waals surface area contributed by atoms with E-state index in [2.05, 4.69) is 47.4 Å². The van der Waals surface area contributed by atoms with Crippen molar-refractivity contribution in [2.24, 2.45) is 0 Å². The fourth-order valence-electron chi connectivity index (χ4n) is 1.56. The number of halogens is 2. The summed E-state index contributed by atoms with van der Waals surface area (Å²) in [6.45, 7) is 1.94. The normalized spacial score (nSPS) is 10.3. The molecule has 1 amide bonds. The minimum Gasteiger partial charge on any atom is -0.495 e. The Morgan fingerprint density at radius 3 is 2.74 bits per heavy atom. The zero-order chi connectivity index (χ0) is 14.0. The molecule has 7 heteroatoms. The molecule has 0 bridgehead atoms. The van der Waals surface area contributed by atoms with Gasteiger partial charge < -0.3 is 10.1 Å². The van der Waals surface area contributed by atoms with E-state index >= 15 is 0 Å². The van der Waals surface area contributed by atoms with Crippen LogP contribution in [0, 0.1) is 6.92 Å². The summed E-state index contributed by atoms with van der Waals surface area (Å²) in [5.41, 5.74) is 1.91. The van der Waals surface area contributed by atoms with E-state index in [-0.39, 0.29) is 11.6 Å². The summed E-state index contributed by atoms with van der Waals surface area (Å²) >= 11 is 6.52. The molecule has 1 heterocycles. The lowest BCUT2D eigenvalue weighted by Gasteiger charge is -2.10. The number of aryl methyl sites for hydroxylation is 1. The number of H-pyrrole nitrogens is 1. The van der Waals surface area contributed by atoms with Crippen LogP contribution in [-0.2, 0) is 0 Å². The molecule has 19 heavy (non-hydrogen) atoms. The maximum absolute atomic E-state index is 12.1. The number of aromatic amines is 1. The van der Waals surface area contributed by atoms with Gasteiger partial charge in [0.25, 0.3) is 5.91 Å². The van der Waals surface area contributed by atoms with Gasteiger partial charge in [-0.2, -0.15) is 5.10 Å². The van der Waals surface area contributed by atoms with Crippen LogP contribution in [0.25, 0.3) is 0 Å². The van der Waals surface area contributed by atoms with Crippen LogP contribution in [0.1, 0.15) is 16.1 Å². The summed E-state index contributed by atoms with van der Waals surface area (Å²) in [4.78, 5) is 12.1. The lowest BCUT2D eigenvalue weighted by atomic mass is 10.2. The Balaban J connectivity index is 2.28. The van der Waals surface area contributed by atoms with Crippen molar-refractivity contribution in [3.05, 3.63) is 38.5 Å². The molecule has 5 nitrogen and oxygen atoms in total. The van der Waals surface area contributed by atoms with Crippen LogP contribution < -0.4 is 10.1 Å². The van der Waals surface area contributed by atoms with Gasteiger partial charge in [-0.1, -0.05) is 6.07 Å². The van der Waals surface area contributed by atoms with Crippen molar-refractivity contribution in [2.75, 3.05) is 12.4 Å². The molecule has 0 spiro atoms. The van der Waals surface area contributed by atoms with Gasteiger partial charge in [0, 0.05) is 0 Å². The minimum absolute atomic E-state index is 0.274.